The first kappa shape index (κ1) is 13.0. The zero-order valence-corrected chi connectivity index (χ0v) is 10.8. The second-order valence-electron chi connectivity index (χ2n) is 3.34. The van der Waals surface area contributed by atoms with Crippen molar-refractivity contribution in [3.63, 3.8) is 0 Å². The average molecular weight is 288 g/mol. The van der Waals surface area contributed by atoms with E-state index >= 15 is 0 Å². The predicted octanol–water partition coefficient (Wildman–Crippen LogP) is 2.02. The quantitative estimate of drug-likeness (QED) is 0.861. The third-order valence-corrected chi connectivity index (χ3v) is 2.53. The molecule has 0 aliphatic carbocycles. The van der Waals surface area contributed by atoms with Crippen LogP contribution >= 0.6 is 15.9 Å². The molecule has 0 fully saturated rings. The van der Waals surface area contributed by atoms with Crippen molar-refractivity contribution < 1.29 is 14.3 Å². The highest BCUT2D eigenvalue weighted by Gasteiger charge is 2.10. The van der Waals surface area contributed by atoms with Crippen LogP contribution in [0.25, 0.3) is 0 Å². The molecule has 1 atom stereocenters. The van der Waals surface area contributed by atoms with Crippen LogP contribution < -0.4 is 10.5 Å². The SMILES string of the molecule is COC(=O)COc1cc(Br)ccc1[C@H](C)N. The summed E-state index contributed by atoms with van der Waals surface area (Å²) in [4.78, 5) is 11.0. The van der Waals surface area contributed by atoms with E-state index in [1.807, 2.05) is 19.1 Å². The largest absolute Gasteiger partial charge is 0.482 e. The van der Waals surface area contributed by atoms with E-state index in [1.165, 1.54) is 7.11 Å². The molecule has 0 unspecified atom stereocenters. The molecule has 0 amide bonds. The van der Waals surface area contributed by atoms with Crippen molar-refractivity contribution in [2.45, 2.75) is 13.0 Å². The smallest absolute Gasteiger partial charge is 0.343 e. The summed E-state index contributed by atoms with van der Waals surface area (Å²) < 4.78 is 10.7. The molecule has 0 aromatic heterocycles. The molecule has 0 aliphatic heterocycles. The van der Waals surface area contributed by atoms with Gasteiger partial charge in [-0.1, -0.05) is 22.0 Å². The Labute approximate surface area is 103 Å². The minimum Gasteiger partial charge on any atom is -0.482 e. The van der Waals surface area contributed by atoms with Gasteiger partial charge in [0.05, 0.1) is 7.11 Å². The Balaban J connectivity index is 2.84. The number of benzene rings is 1. The Hall–Kier alpha value is -1.07. The highest BCUT2D eigenvalue weighted by molar-refractivity contribution is 9.10. The lowest BCUT2D eigenvalue weighted by Crippen LogP contribution is -2.15. The van der Waals surface area contributed by atoms with Crippen molar-refractivity contribution in [3.8, 4) is 5.75 Å². The molecule has 0 aliphatic rings. The summed E-state index contributed by atoms with van der Waals surface area (Å²) in [6, 6.07) is 5.37. The van der Waals surface area contributed by atoms with Gasteiger partial charge in [-0.25, -0.2) is 4.79 Å². The number of carbonyl (C=O) groups excluding carboxylic acids is 1. The van der Waals surface area contributed by atoms with E-state index in [2.05, 4.69) is 20.7 Å². The zero-order valence-electron chi connectivity index (χ0n) is 9.20. The summed E-state index contributed by atoms with van der Waals surface area (Å²) in [6.45, 7) is 1.74. The Morgan fingerprint density at radius 1 is 1.56 bits per heavy atom. The van der Waals surface area contributed by atoms with Gasteiger partial charge in [-0.15, -0.1) is 0 Å². The minimum absolute atomic E-state index is 0.118. The number of halogens is 1. The number of esters is 1. The molecular weight excluding hydrogens is 274 g/mol. The lowest BCUT2D eigenvalue weighted by atomic mass is 10.1. The molecule has 2 N–H and O–H groups in total. The summed E-state index contributed by atoms with van der Waals surface area (Å²) >= 11 is 3.33. The van der Waals surface area contributed by atoms with Crippen LogP contribution in [0.4, 0.5) is 0 Å². The molecule has 0 saturated carbocycles. The number of ether oxygens (including phenoxy) is 2. The number of nitrogens with two attached hydrogens (primary N) is 1. The van der Waals surface area contributed by atoms with Gasteiger partial charge in [-0.3, -0.25) is 0 Å². The molecule has 88 valence electrons. The monoisotopic (exact) mass is 287 g/mol. The summed E-state index contributed by atoms with van der Waals surface area (Å²) in [5, 5.41) is 0. The molecule has 4 nitrogen and oxygen atoms in total. The molecule has 1 rings (SSSR count). The number of hydrogen-bond donors (Lipinski definition) is 1. The van der Waals surface area contributed by atoms with Crippen LogP contribution in [-0.4, -0.2) is 19.7 Å². The van der Waals surface area contributed by atoms with Gasteiger partial charge in [-0.2, -0.15) is 0 Å². The van der Waals surface area contributed by atoms with E-state index < -0.39 is 5.97 Å². The first-order valence-corrected chi connectivity index (χ1v) is 5.58. The molecule has 0 bridgehead atoms. The molecule has 5 heteroatoms. The lowest BCUT2D eigenvalue weighted by Gasteiger charge is -2.13. The second-order valence-corrected chi connectivity index (χ2v) is 4.25. The van der Waals surface area contributed by atoms with Gasteiger partial charge in [-0.05, 0) is 19.1 Å². The molecule has 0 spiro atoms. The molecule has 1 aromatic rings. The fourth-order valence-corrected chi connectivity index (χ4v) is 1.55. The van der Waals surface area contributed by atoms with Gasteiger partial charge in [0.2, 0.25) is 0 Å². The van der Waals surface area contributed by atoms with Gasteiger partial charge in [0.1, 0.15) is 5.75 Å². The van der Waals surface area contributed by atoms with Gasteiger partial charge >= 0.3 is 5.97 Å². The molecule has 1 aromatic carbocycles. The number of carbonyl (C=O) groups is 1. The van der Waals surface area contributed by atoms with E-state index in [0.717, 1.165) is 10.0 Å². The molecular formula is C11H14BrNO3. The van der Waals surface area contributed by atoms with E-state index in [4.69, 9.17) is 10.5 Å². The van der Waals surface area contributed by atoms with Crippen molar-refractivity contribution in [1.29, 1.82) is 0 Å². The third-order valence-electron chi connectivity index (χ3n) is 2.04. The van der Waals surface area contributed by atoms with E-state index in [1.54, 1.807) is 6.07 Å². The Morgan fingerprint density at radius 2 is 2.25 bits per heavy atom. The highest BCUT2D eigenvalue weighted by atomic mass is 79.9. The predicted molar refractivity (Wildman–Crippen MR) is 64.3 cm³/mol. The molecule has 0 saturated heterocycles. The molecule has 0 radical (unpaired) electrons. The molecule has 16 heavy (non-hydrogen) atoms. The van der Waals surface area contributed by atoms with Crippen LogP contribution in [0.3, 0.4) is 0 Å². The van der Waals surface area contributed by atoms with Gasteiger partial charge < -0.3 is 15.2 Å². The maximum atomic E-state index is 11.0. The second kappa shape index (κ2) is 5.86. The summed E-state index contributed by atoms with van der Waals surface area (Å²) in [6.07, 6.45) is 0. The third kappa shape index (κ3) is 3.50. The first-order valence-electron chi connectivity index (χ1n) is 4.79. The Kier molecular flexibility index (Phi) is 4.76. The lowest BCUT2D eigenvalue weighted by molar-refractivity contribution is -0.142. The maximum absolute atomic E-state index is 11.0. The van der Waals surface area contributed by atoms with Crippen LogP contribution in [0, 0.1) is 0 Å². The van der Waals surface area contributed by atoms with Gasteiger partial charge in [0, 0.05) is 16.1 Å². The number of hydrogen-bond acceptors (Lipinski definition) is 4. The normalized spacial score (nSPS) is 12.0. The summed E-state index contributed by atoms with van der Waals surface area (Å²) in [7, 11) is 1.32. The minimum atomic E-state index is -0.421. The van der Waals surface area contributed by atoms with Crippen molar-refractivity contribution in [2.24, 2.45) is 5.73 Å². The Morgan fingerprint density at radius 3 is 2.81 bits per heavy atom. The average Bonchev–Trinajstić information content (AvgIpc) is 2.25. The van der Waals surface area contributed by atoms with E-state index in [0.29, 0.717) is 5.75 Å². The van der Waals surface area contributed by atoms with Gasteiger partial charge in [0.15, 0.2) is 6.61 Å². The first-order chi connectivity index (χ1) is 7.54. The van der Waals surface area contributed by atoms with Gasteiger partial charge in [0.25, 0.3) is 0 Å². The number of rotatable bonds is 4. The fraction of sp³-hybridized carbons (Fsp3) is 0.364. The van der Waals surface area contributed by atoms with Crippen LogP contribution in [-0.2, 0) is 9.53 Å². The highest BCUT2D eigenvalue weighted by Crippen LogP contribution is 2.27. The summed E-state index contributed by atoms with van der Waals surface area (Å²) in [5.41, 5.74) is 6.65. The van der Waals surface area contributed by atoms with Crippen molar-refractivity contribution in [1.82, 2.24) is 0 Å². The topological polar surface area (TPSA) is 61.5 Å². The Bertz CT molecular complexity index is 379. The molecule has 0 heterocycles. The van der Waals surface area contributed by atoms with E-state index in [-0.39, 0.29) is 12.6 Å². The summed E-state index contributed by atoms with van der Waals surface area (Å²) in [5.74, 6) is 0.172. The zero-order chi connectivity index (χ0) is 12.1. The van der Waals surface area contributed by atoms with Crippen molar-refractivity contribution >= 4 is 21.9 Å². The van der Waals surface area contributed by atoms with Crippen molar-refractivity contribution in [3.05, 3.63) is 28.2 Å². The maximum Gasteiger partial charge on any atom is 0.343 e. The van der Waals surface area contributed by atoms with Crippen LogP contribution in [0.2, 0.25) is 0 Å². The standard InChI is InChI=1S/C11H14BrNO3/c1-7(13)9-4-3-8(12)5-10(9)16-6-11(14)15-2/h3-5,7H,6,13H2,1-2H3/t7-/m0/s1. The van der Waals surface area contributed by atoms with Crippen LogP contribution in [0.5, 0.6) is 5.75 Å². The van der Waals surface area contributed by atoms with Crippen LogP contribution in [0.15, 0.2) is 22.7 Å². The number of methoxy groups -OCH3 is 1. The van der Waals surface area contributed by atoms with Crippen LogP contribution in [0.1, 0.15) is 18.5 Å². The van der Waals surface area contributed by atoms with E-state index in [9.17, 15) is 4.79 Å². The van der Waals surface area contributed by atoms with Crippen molar-refractivity contribution in [2.75, 3.05) is 13.7 Å². The fourth-order valence-electron chi connectivity index (χ4n) is 1.20.